The number of ketones is 1. The Kier molecular flexibility index (Phi) is 5.53. The number of carbonyl (C=O) groups excluding carboxylic acids is 2. The molecule has 2 aromatic carbocycles. The third-order valence-corrected chi connectivity index (χ3v) is 6.94. The number of Topliss-reactive ketones (excluding diaryl/α,β-unsaturated/α-hetero) is 1. The van der Waals surface area contributed by atoms with Gasteiger partial charge in [-0.15, -0.1) is 11.3 Å². The monoisotopic (exact) mass is 477 g/mol. The number of hydrogen-bond donors (Lipinski definition) is 1. The van der Waals surface area contributed by atoms with Gasteiger partial charge in [-0.05, 0) is 53.3 Å². The van der Waals surface area contributed by atoms with Crippen LogP contribution in [0.3, 0.4) is 0 Å². The number of methoxy groups -OCH3 is 1. The predicted octanol–water partition coefficient (Wildman–Crippen LogP) is 5.24. The van der Waals surface area contributed by atoms with Crippen molar-refractivity contribution in [2.75, 3.05) is 18.8 Å². The number of nitrogens with zero attached hydrogens (tertiary/aromatic N) is 1. The van der Waals surface area contributed by atoms with Crippen molar-refractivity contribution < 1.29 is 28.9 Å². The Morgan fingerprint density at radius 1 is 1.12 bits per heavy atom. The fourth-order valence-electron chi connectivity index (χ4n) is 4.34. The van der Waals surface area contributed by atoms with Crippen LogP contribution in [0.1, 0.15) is 41.8 Å². The highest BCUT2D eigenvalue weighted by molar-refractivity contribution is 7.10. The van der Waals surface area contributed by atoms with E-state index in [9.17, 15) is 14.7 Å². The van der Waals surface area contributed by atoms with Crippen molar-refractivity contribution in [2.24, 2.45) is 0 Å². The van der Waals surface area contributed by atoms with E-state index in [0.29, 0.717) is 28.5 Å². The summed E-state index contributed by atoms with van der Waals surface area (Å²) in [6.45, 7) is 4.14. The molecule has 2 aliphatic heterocycles. The van der Waals surface area contributed by atoms with Gasteiger partial charge in [0.15, 0.2) is 11.5 Å². The summed E-state index contributed by atoms with van der Waals surface area (Å²) in [5.41, 5.74) is 1.88. The quantitative estimate of drug-likeness (QED) is 0.308. The summed E-state index contributed by atoms with van der Waals surface area (Å²) < 4.78 is 16.3. The number of fused-ring (bicyclic) bond motifs is 1. The number of rotatable bonds is 5. The highest BCUT2D eigenvalue weighted by atomic mass is 32.1. The standard InChI is InChI=1S/C26H23NO6S/c1-14(2)17-11-15(6-8-18(17)31-3)24(28)22-23(21-5-4-10-34-21)27(26(30)25(22)29)16-7-9-19-20(12-16)33-13-32-19/h4-12,14,23,28H,13H2,1-3H3/b24-22-. The van der Waals surface area contributed by atoms with E-state index in [-0.39, 0.29) is 24.0 Å². The van der Waals surface area contributed by atoms with Gasteiger partial charge < -0.3 is 19.3 Å². The van der Waals surface area contributed by atoms with Crippen LogP contribution >= 0.6 is 11.3 Å². The average Bonchev–Trinajstić information content (AvgIpc) is 3.58. The maximum Gasteiger partial charge on any atom is 0.300 e. The topological polar surface area (TPSA) is 85.3 Å². The summed E-state index contributed by atoms with van der Waals surface area (Å²) in [5.74, 6) is 0.235. The summed E-state index contributed by atoms with van der Waals surface area (Å²) in [6.07, 6.45) is 0. The summed E-state index contributed by atoms with van der Waals surface area (Å²) in [5, 5.41) is 13.2. The number of thiophene rings is 1. The van der Waals surface area contributed by atoms with Gasteiger partial charge in [-0.1, -0.05) is 19.9 Å². The molecule has 7 nitrogen and oxygen atoms in total. The van der Waals surface area contributed by atoms with Crippen LogP contribution in [0.5, 0.6) is 17.2 Å². The van der Waals surface area contributed by atoms with Crippen molar-refractivity contribution in [3.63, 3.8) is 0 Å². The summed E-state index contributed by atoms with van der Waals surface area (Å²) in [4.78, 5) is 28.7. The molecule has 3 heterocycles. The van der Waals surface area contributed by atoms with Crippen LogP contribution < -0.4 is 19.1 Å². The maximum atomic E-state index is 13.3. The minimum Gasteiger partial charge on any atom is -0.507 e. The van der Waals surface area contributed by atoms with Crippen molar-refractivity contribution in [2.45, 2.75) is 25.8 Å². The SMILES string of the molecule is COc1ccc(/C(O)=C2/C(=O)C(=O)N(c3ccc4c(c3)OCO4)C2c2cccs2)cc1C(C)C. The normalized spacial score (nSPS) is 18.7. The van der Waals surface area contributed by atoms with Gasteiger partial charge in [0.05, 0.1) is 12.7 Å². The Balaban J connectivity index is 1.67. The predicted molar refractivity (Wildman–Crippen MR) is 129 cm³/mol. The summed E-state index contributed by atoms with van der Waals surface area (Å²) in [6, 6.07) is 13.3. The number of aliphatic hydroxyl groups excluding tert-OH is 1. The van der Waals surface area contributed by atoms with E-state index in [1.165, 1.54) is 16.2 Å². The molecular formula is C26H23NO6S. The number of carbonyl (C=O) groups is 2. The van der Waals surface area contributed by atoms with Crippen LogP contribution in [0.4, 0.5) is 5.69 Å². The first kappa shape index (κ1) is 22.0. The first-order valence-electron chi connectivity index (χ1n) is 10.8. The smallest absolute Gasteiger partial charge is 0.300 e. The molecule has 3 aromatic rings. The van der Waals surface area contributed by atoms with E-state index >= 15 is 0 Å². The number of ether oxygens (including phenoxy) is 3. The first-order valence-corrected chi connectivity index (χ1v) is 11.7. The van der Waals surface area contributed by atoms with Crippen molar-refractivity contribution in [1.82, 2.24) is 0 Å². The van der Waals surface area contributed by atoms with E-state index in [1.54, 1.807) is 43.5 Å². The molecule has 1 saturated heterocycles. The van der Waals surface area contributed by atoms with E-state index in [2.05, 4.69) is 0 Å². The molecule has 1 atom stereocenters. The highest BCUT2D eigenvalue weighted by Crippen LogP contribution is 2.46. The Morgan fingerprint density at radius 3 is 2.62 bits per heavy atom. The number of aliphatic hydroxyl groups is 1. The second kappa shape index (κ2) is 8.53. The van der Waals surface area contributed by atoms with Gasteiger partial charge in [-0.25, -0.2) is 0 Å². The summed E-state index contributed by atoms with van der Waals surface area (Å²) >= 11 is 1.41. The van der Waals surface area contributed by atoms with Gasteiger partial charge in [-0.2, -0.15) is 0 Å². The molecule has 5 rings (SSSR count). The minimum atomic E-state index is -0.773. The first-order chi connectivity index (χ1) is 16.4. The third-order valence-electron chi connectivity index (χ3n) is 6.02. The zero-order valence-corrected chi connectivity index (χ0v) is 19.7. The molecule has 174 valence electrons. The lowest BCUT2D eigenvalue weighted by molar-refractivity contribution is -0.132. The fourth-order valence-corrected chi connectivity index (χ4v) is 5.16. The highest BCUT2D eigenvalue weighted by Gasteiger charge is 2.47. The molecule has 2 aliphatic rings. The summed E-state index contributed by atoms with van der Waals surface area (Å²) in [7, 11) is 1.59. The molecule has 1 aromatic heterocycles. The third kappa shape index (κ3) is 3.51. The van der Waals surface area contributed by atoms with Gasteiger partial charge in [0.25, 0.3) is 11.7 Å². The molecule has 0 radical (unpaired) electrons. The minimum absolute atomic E-state index is 0.0463. The van der Waals surface area contributed by atoms with E-state index in [1.807, 2.05) is 31.4 Å². The van der Waals surface area contributed by atoms with Gasteiger partial charge >= 0.3 is 0 Å². The van der Waals surface area contributed by atoms with Crippen LogP contribution in [-0.4, -0.2) is 30.7 Å². The molecule has 1 fully saturated rings. The molecule has 34 heavy (non-hydrogen) atoms. The van der Waals surface area contributed by atoms with E-state index in [0.717, 1.165) is 10.4 Å². The van der Waals surface area contributed by atoms with E-state index < -0.39 is 17.7 Å². The molecule has 1 amide bonds. The van der Waals surface area contributed by atoms with Crippen LogP contribution in [0.2, 0.25) is 0 Å². The van der Waals surface area contributed by atoms with Crippen LogP contribution in [-0.2, 0) is 9.59 Å². The second-order valence-electron chi connectivity index (χ2n) is 8.33. The van der Waals surface area contributed by atoms with Crippen molar-refractivity contribution in [3.8, 4) is 17.2 Å². The largest absolute Gasteiger partial charge is 0.507 e. The van der Waals surface area contributed by atoms with Gasteiger partial charge in [0, 0.05) is 22.2 Å². The number of hydrogen-bond acceptors (Lipinski definition) is 7. The zero-order chi connectivity index (χ0) is 24.0. The number of benzene rings is 2. The molecule has 0 aliphatic carbocycles. The zero-order valence-electron chi connectivity index (χ0n) is 18.9. The lowest BCUT2D eigenvalue weighted by Crippen LogP contribution is -2.29. The molecule has 1 N–H and O–H groups in total. The van der Waals surface area contributed by atoms with Crippen molar-refractivity contribution >= 4 is 34.5 Å². The Bertz CT molecular complexity index is 1310. The molecule has 0 spiro atoms. The Hall–Kier alpha value is -3.78. The molecular weight excluding hydrogens is 454 g/mol. The molecule has 0 saturated carbocycles. The number of amides is 1. The maximum absolute atomic E-state index is 13.3. The van der Waals surface area contributed by atoms with Crippen LogP contribution in [0.15, 0.2) is 59.5 Å². The Morgan fingerprint density at radius 2 is 1.91 bits per heavy atom. The van der Waals surface area contributed by atoms with Crippen molar-refractivity contribution in [3.05, 3.63) is 75.5 Å². The average molecular weight is 478 g/mol. The number of anilines is 1. The Labute approximate surface area is 200 Å². The molecule has 1 unspecified atom stereocenters. The fraction of sp³-hybridized carbons (Fsp3) is 0.231. The lowest BCUT2D eigenvalue weighted by Gasteiger charge is -2.24. The van der Waals surface area contributed by atoms with Crippen LogP contribution in [0, 0.1) is 0 Å². The van der Waals surface area contributed by atoms with Gasteiger partial charge in [-0.3, -0.25) is 14.5 Å². The van der Waals surface area contributed by atoms with Crippen LogP contribution in [0.25, 0.3) is 5.76 Å². The van der Waals surface area contributed by atoms with E-state index in [4.69, 9.17) is 14.2 Å². The van der Waals surface area contributed by atoms with Crippen molar-refractivity contribution in [1.29, 1.82) is 0 Å². The second-order valence-corrected chi connectivity index (χ2v) is 9.31. The molecule has 8 heteroatoms. The van der Waals surface area contributed by atoms with Gasteiger partial charge in [0.1, 0.15) is 17.6 Å². The molecule has 0 bridgehead atoms. The van der Waals surface area contributed by atoms with Gasteiger partial charge in [0.2, 0.25) is 6.79 Å². The lowest BCUT2D eigenvalue weighted by atomic mass is 9.95.